The van der Waals surface area contributed by atoms with E-state index in [1.54, 1.807) is 0 Å². The zero-order valence-electron chi connectivity index (χ0n) is 12.7. The van der Waals surface area contributed by atoms with Crippen molar-refractivity contribution in [3.8, 4) is 0 Å². The SMILES string of the molecule is COC(=O)CCCN1CC[C@H]2[C@H](CCCN2C2CC2)C1. The van der Waals surface area contributed by atoms with Crippen LogP contribution < -0.4 is 0 Å². The highest BCUT2D eigenvalue weighted by atomic mass is 16.5. The summed E-state index contributed by atoms with van der Waals surface area (Å²) in [7, 11) is 1.47. The van der Waals surface area contributed by atoms with Gasteiger partial charge in [0, 0.05) is 25.0 Å². The van der Waals surface area contributed by atoms with Gasteiger partial charge in [-0.2, -0.15) is 0 Å². The Bertz CT molecular complexity index is 343. The Morgan fingerprint density at radius 2 is 2.05 bits per heavy atom. The highest BCUT2D eigenvalue weighted by molar-refractivity contribution is 5.69. The van der Waals surface area contributed by atoms with E-state index in [0.29, 0.717) is 6.42 Å². The number of ether oxygens (including phenoxy) is 1. The summed E-state index contributed by atoms with van der Waals surface area (Å²) in [6.07, 6.45) is 8.50. The fourth-order valence-electron chi connectivity index (χ4n) is 4.13. The van der Waals surface area contributed by atoms with E-state index in [9.17, 15) is 4.79 Å². The molecule has 4 heteroatoms. The molecule has 2 saturated heterocycles. The van der Waals surface area contributed by atoms with Gasteiger partial charge in [-0.1, -0.05) is 0 Å². The minimum absolute atomic E-state index is 0.0718. The lowest BCUT2D eigenvalue weighted by Crippen LogP contribution is -2.54. The van der Waals surface area contributed by atoms with Crippen LogP contribution in [0.2, 0.25) is 0 Å². The van der Waals surface area contributed by atoms with Gasteiger partial charge in [-0.3, -0.25) is 9.69 Å². The minimum atomic E-state index is -0.0718. The third kappa shape index (κ3) is 3.34. The van der Waals surface area contributed by atoms with E-state index in [0.717, 1.165) is 31.0 Å². The van der Waals surface area contributed by atoms with E-state index in [1.807, 2.05) is 0 Å². The number of piperidine rings is 2. The number of hydrogen-bond donors (Lipinski definition) is 0. The summed E-state index contributed by atoms with van der Waals surface area (Å²) in [6, 6.07) is 1.78. The van der Waals surface area contributed by atoms with Crippen LogP contribution in [0.5, 0.6) is 0 Å². The lowest BCUT2D eigenvalue weighted by atomic mass is 9.83. The summed E-state index contributed by atoms with van der Waals surface area (Å²) in [5.41, 5.74) is 0. The first-order valence-corrected chi connectivity index (χ1v) is 8.33. The highest BCUT2D eigenvalue weighted by Gasteiger charge is 2.41. The second kappa shape index (κ2) is 6.44. The Morgan fingerprint density at radius 3 is 2.80 bits per heavy atom. The molecular formula is C16H28N2O2. The van der Waals surface area contributed by atoms with Crippen LogP contribution in [0.3, 0.4) is 0 Å². The van der Waals surface area contributed by atoms with Crippen LogP contribution in [0.15, 0.2) is 0 Å². The number of fused-ring (bicyclic) bond motifs is 1. The average molecular weight is 280 g/mol. The number of esters is 1. The number of nitrogens with zero attached hydrogens (tertiary/aromatic N) is 2. The number of methoxy groups -OCH3 is 1. The number of carbonyl (C=O) groups is 1. The molecule has 0 aromatic rings. The molecule has 2 heterocycles. The van der Waals surface area contributed by atoms with E-state index >= 15 is 0 Å². The maximum Gasteiger partial charge on any atom is 0.305 e. The first-order valence-electron chi connectivity index (χ1n) is 8.33. The van der Waals surface area contributed by atoms with Crippen molar-refractivity contribution in [2.75, 3.05) is 33.3 Å². The molecule has 1 saturated carbocycles. The largest absolute Gasteiger partial charge is 0.469 e. The summed E-state index contributed by atoms with van der Waals surface area (Å²) in [4.78, 5) is 16.5. The van der Waals surface area contributed by atoms with Gasteiger partial charge in [-0.25, -0.2) is 0 Å². The molecule has 20 heavy (non-hydrogen) atoms. The van der Waals surface area contributed by atoms with E-state index in [4.69, 9.17) is 4.74 Å². The normalized spacial score (nSPS) is 31.9. The lowest BCUT2D eigenvalue weighted by molar-refractivity contribution is -0.140. The van der Waals surface area contributed by atoms with Gasteiger partial charge in [0.05, 0.1) is 7.11 Å². The van der Waals surface area contributed by atoms with Crippen molar-refractivity contribution in [3.63, 3.8) is 0 Å². The van der Waals surface area contributed by atoms with Gasteiger partial charge in [0.2, 0.25) is 0 Å². The fourth-order valence-corrected chi connectivity index (χ4v) is 4.13. The molecule has 0 unspecified atom stereocenters. The van der Waals surface area contributed by atoms with Gasteiger partial charge >= 0.3 is 5.97 Å². The Morgan fingerprint density at radius 1 is 1.20 bits per heavy atom. The Hall–Kier alpha value is -0.610. The first-order chi connectivity index (χ1) is 9.78. The average Bonchev–Trinajstić information content (AvgIpc) is 3.30. The van der Waals surface area contributed by atoms with Crippen LogP contribution in [-0.2, 0) is 9.53 Å². The van der Waals surface area contributed by atoms with Crippen molar-refractivity contribution in [1.82, 2.24) is 9.80 Å². The fraction of sp³-hybridized carbons (Fsp3) is 0.938. The molecule has 0 bridgehead atoms. The van der Waals surface area contributed by atoms with Crippen LogP contribution in [0.1, 0.15) is 44.9 Å². The van der Waals surface area contributed by atoms with E-state index in [1.165, 1.54) is 58.8 Å². The van der Waals surface area contributed by atoms with Crippen molar-refractivity contribution in [2.24, 2.45) is 5.92 Å². The monoisotopic (exact) mass is 280 g/mol. The molecule has 2 atom stereocenters. The van der Waals surface area contributed by atoms with E-state index in [2.05, 4.69) is 9.80 Å². The van der Waals surface area contributed by atoms with Crippen LogP contribution in [0.4, 0.5) is 0 Å². The number of likely N-dealkylation sites (tertiary alicyclic amines) is 2. The van der Waals surface area contributed by atoms with Gasteiger partial charge in [0.15, 0.2) is 0 Å². The second-order valence-electron chi connectivity index (χ2n) is 6.71. The molecule has 4 nitrogen and oxygen atoms in total. The van der Waals surface area contributed by atoms with Crippen LogP contribution in [-0.4, -0.2) is 61.1 Å². The summed E-state index contributed by atoms with van der Waals surface area (Å²) in [5, 5.41) is 0. The van der Waals surface area contributed by atoms with Crippen LogP contribution >= 0.6 is 0 Å². The molecular weight excluding hydrogens is 252 g/mol. The molecule has 0 aromatic heterocycles. The zero-order chi connectivity index (χ0) is 13.9. The molecule has 0 radical (unpaired) electrons. The Kier molecular flexibility index (Phi) is 4.61. The standard InChI is InChI=1S/C16H28N2O2/c1-20-16(19)5-3-9-17-11-8-15-13(12-17)4-2-10-18(15)14-6-7-14/h13-15H,2-12H2,1H3/t13-,15+/m1/s1. The molecule has 0 aromatic carbocycles. The Balaban J connectivity index is 1.45. The predicted octanol–water partition coefficient (Wildman–Crippen LogP) is 1.89. The van der Waals surface area contributed by atoms with Crippen molar-refractivity contribution in [3.05, 3.63) is 0 Å². The smallest absolute Gasteiger partial charge is 0.305 e. The third-order valence-corrected chi connectivity index (χ3v) is 5.29. The molecule has 1 aliphatic carbocycles. The van der Waals surface area contributed by atoms with Gasteiger partial charge in [0.1, 0.15) is 0 Å². The van der Waals surface area contributed by atoms with Crippen molar-refractivity contribution >= 4 is 5.97 Å². The summed E-state index contributed by atoms with van der Waals surface area (Å²) in [6.45, 7) is 4.86. The van der Waals surface area contributed by atoms with E-state index < -0.39 is 0 Å². The van der Waals surface area contributed by atoms with Crippen molar-refractivity contribution in [2.45, 2.75) is 57.0 Å². The third-order valence-electron chi connectivity index (χ3n) is 5.29. The van der Waals surface area contributed by atoms with Gasteiger partial charge in [-0.15, -0.1) is 0 Å². The van der Waals surface area contributed by atoms with Gasteiger partial charge < -0.3 is 9.64 Å². The summed E-state index contributed by atoms with van der Waals surface area (Å²) >= 11 is 0. The molecule has 0 amide bonds. The molecule has 0 N–H and O–H groups in total. The second-order valence-corrected chi connectivity index (χ2v) is 6.71. The number of rotatable bonds is 5. The van der Waals surface area contributed by atoms with Crippen LogP contribution in [0.25, 0.3) is 0 Å². The molecule has 3 aliphatic rings. The maximum atomic E-state index is 11.2. The van der Waals surface area contributed by atoms with Crippen molar-refractivity contribution in [1.29, 1.82) is 0 Å². The topological polar surface area (TPSA) is 32.8 Å². The van der Waals surface area contributed by atoms with Crippen molar-refractivity contribution < 1.29 is 9.53 Å². The molecule has 3 fully saturated rings. The predicted molar refractivity (Wildman–Crippen MR) is 78.5 cm³/mol. The minimum Gasteiger partial charge on any atom is -0.469 e. The lowest BCUT2D eigenvalue weighted by Gasteiger charge is -2.47. The van der Waals surface area contributed by atoms with Gasteiger partial charge in [-0.05, 0) is 64.1 Å². The Labute approximate surface area is 122 Å². The summed E-state index contributed by atoms with van der Waals surface area (Å²) in [5.74, 6) is 0.800. The van der Waals surface area contributed by atoms with E-state index in [-0.39, 0.29) is 5.97 Å². The van der Waals surface area contributed by atoms with Crippen LogP contribution in [0, 0.1) is 5.92 Å². The molecule has 114 valence electrons. The zero-order valence-corrected chi connectivity index (χ0v) is 12.7. The maximum absolute atomic E-state index is 11.2. The molecule has 3 rings (SSSR count). The van der Waals surface area contributed by atoms with Gasteiger partial charge in [0.25, 0.3) is 0 Å². The number of hydrogen-bond acceptors (Lipinski definition) is 4. The first kappa shape index (κ1) is 14.3. The summed E-state index contributed by atoms with van der Waals surface area (Å²) < 4.78 is 4.71. The highest BCUT2D eigenvalue weighted by Crippen LogP contribution is 2.38. The number of carbonyl (C=O) groups excluding carboxylic acids is 1. The quantitative estimate of drug-likeness (QED) is 0.720. The molecule has 0 spiro atoms. The molecule has 2 aliphatic heterocycles.